The minimum Gasteiger partial charge on any atom is -0.497 e. The van der Waals surface area contributed by atoms with E-state index in [1.807, 2.05) is 24.3 Å². The quantitative estimate of drug-likeness (QED) is 0.858. The van der Waals surface area contributed by atoms with Crippen molar-refractivity contribution in [2.45, 2.75) is 6.18 Å². The van der Waals surface area contributed by atoms with E-state index in [0.717, 1.165) is 17.5 Å². The predicted octanol–water partition coefficient (Wildman–Crippen LogP) is 3.44. The second-order valence-electron chi connectivity index (χ2n) is 5.54. The molecule has 0 amide bonds. The van der Waals surface area contributed by atoms with Crippen LogP contribution >= 0.6 is 0 Å². The van der Waals surface area contributed by atoms with Crippen molar-refractivity contribution in [1.29, 1.82) is 0 Å². The summed E-state index contributed by atoms with van der Waals surface area (Å²) in [5.41, 5.74) is 0.357. The fourth-order valence-corrected chi connectivity index (χ4v) is 2.84. The Bertz CT molecular complexity index is 680. The molecule has 0 atom stereocenters. The molecule has 0 radical (unpaired) electrons. The Balaban J connectivity index is 1.71. The van der Waals surface area contributed by atoms with Crippen molar-refractivity contribution in [2.75, 3.05) is 43.1 Å². The zero-order valence-electron chi connectivity index (χ0n) is 13.3. The zero-order valence-corrected chi connectivity index (χ0v) is 13.3. The highest BCUT2D eigenvalue weighted by molar-refractivity contribution is 5.53. The van der Waals surface area contributed by atoms with Crippen LogP contribution in [0.2, 0.25) is 0 Å². The molecule has 1 aliphatic heterocycles. The molecule has 0 unspecified atom stereocenters. The van der Waals surface area contributed by atoms with E-state index in [-0.39, 0.29) is 5.82 Å². The fourth-order valence-electron chi connectivity index (χ4n) is 2.84. The third-order valence-corrected chi connectivity index (χ3v) is 4.11. The number of hydrogen-bond donors (Lipinski definition) is 0. The molecule has 2 aromatic rings. The van der Waals surface area contributed by atoms with Crippen molar-refractivity contribution in [3.05, 3.63) is 48.2 Å². The molecule has 24 heavy (non-hydrogen) atoms. The molecule has 2 heterocycles. The molecule has 128 valence electrons. The molecule has 1 aliphatic rings. The molecule has 7 heteroatoms. The Morgan fingerprint density at radius 1 is 0.958 bits per heavy atom. The van der Waals surface area contributed by atoms with Crippen LogP contribution in [0, 0.1) is 0 Å². The lowest BCUT2D eigenvalue weighted by Gasteiger charge is -2.37. The van der Waals surface area contributed by atoms with Crippen molar-refractivity contribution in [3.8, 4) is 5.75 Å². The van der Waals surface area contributed by atoms with Crippen LogP contribution in [-0.2, 0) is 6.18 Å². The Morgan fingerprint density at radius 2 is 1.58 bits per heavy atom. The lowest BCUT2D eigenvalue weighted by molar-refractivity contribution is -0.137. The number of rotatable bonds is 3. The maximum atomic E-state index is 13.1. The number of ether oxygens (including phenoxy) is 1. The lowest BCUT2D eigenvalue weighted by atomic mass is 10.2. The predicted molar refractivity (Wildman–Crippen MR) is 86.7 cm³/mol. The van der Waals surface area contributed by atoms with Crippen LogP contribution in [-0.4, -0.2) is 38.3 Å². The van der Waals surface area contributed by atoms with E-state index in [0.29, 0.717) is 26.2 Å². The van der Waals surface area contributed by atoms with Crippen LogP contribution < -0.4 is 14.5 Å². The van der Waals surface area contributed by atoms with E-state index in [9.17, 15) is 13.2 Å². The molecule has 0 bridgehead atoms. The van der Waals surface area contributed by atoms with Crippen LogP contribution in [0.3, 0.4) is 0 Å². The maximum absolute atomic E-state index is 13.1. The van der Waals surface area contributed by atoms with E-state index in [4.69, 9.17) is 4.74 Å². The summed E-state index contributed by atoms with van der Waals surface area (Å²) in [7, 11) is 1.61. The minimum atomic E-state index is -4.39. The summed E-state index contributed by atoms with van der Waals surface area (Å²) in [5.74, 6) is 0.792. The first kappa shape index (κ1) is 16.4. The number of nitrogens with zero attached hydrogens (tertiary/aromatic N) is 3. The number of hydrogen-bond acceptors (Lipinski definition) is 4. The first-order valence-corrected chi connectivity index (χ1v) is 7.65. The number of anilines is 2. The van der Waals surface area contributed by atoms with Gasteiger partial charge in [0, 0.05) is 38.1 Å². The van der Waals surface area contributed by atoms with Gasteiger partial charge in [0.15, 0.2) is 0 Å². The molecule has 0 saturated carbocycles. The number of piperazine rings is 1. The van der Waals surface area contributed by atoms with Gasteiger partial charge in [-0.2, -0.15) is 13.2 Å². The number of methoxy groups -OCH3 is 1. The summed E-state index contributed by atoms with van der Waals surface area (Å²) in [4.78, 5) is 7.80. The van der Waals surface area contributed by atoms with Crippen LogP contribution in [0.25, 0.3) is 0 Å². The standard InChI is InChI=1S/C17H18F3N3O/c1-24-14-6-4-13(5-7-14)22-9-11-23(12-10-22)16-15(17(18,19)20)3-2-8-21-16/h2-8H,9-12H2,1H3. The van der Waals surface area contributed by atoms with E-state index < -0.39 is 11.7 Å². The number of halogens is 3. The van der Waals surface area contributed by atoms with Gasteiger partial charge in [-0.15, -0.1) is 0 Å². The fraction of sp³-hybridized carbons (Fsp3) is 0.353. The number of alkyl halides is 3. The smallest absolute Gasteiger partial charge is 0.419 e. The number of aromatic nitrogens is 1. The second kappa shape index (κ2) is 6.59. The first-order chi connectivity index (χ1) is 11.5. The van der Waals surface area contributed by atoms with E-state index >= 15 is 0 Å². The Hall–Kier alpha value is -2.44. The van der Waals surface area contributed by atoms with Gasteiger partial charge >= 0.3 is 6.18 Å². The van der Waals surface area contributed by atoms with Crippen LogP contribution in [0.15, 0.2) is 42.6 Å². The summed E-state index contributed by atoms with van der Waals surface area (Å²) >= 11 is 0. The molecule has 1 aromatic carbocycles. The summed E-state index contributed by atoms with van der Waals surface area (Å²) in [6.45, 7) is 2.26. The van der Waals surface area contributed by atoms with Gasteiger partial charge in [0.2, 0.25) is 0 Å². The van der Waals surface area contributed by atoms with Crippen molar-refractivity contribution < 1.29 is 17.9 Å². The van der Waals surface area contributed by atoms with Gasteiger partial charge in [0.25, 0.3) is 0 Å². The van der Waals surface area contributed by atoms with Gasteiger partial charge in [-0.1, -0.05) is 0 Å². The highest BCUT2D eigenvalue weighted by atomic mass is 19.4. The molecule has 1 fully saturated rings. The van der Waals surface area contributed by atoms with Gasteiger partial charge in [-0.3, -0.25) is 0 Å². The molecular formula is C17H18F3N3O. The van der Waals surface area contributed by atoms with Crippen molar-refractivity contribution in [1.82, 2.24) is 4.98 Å². The van der Waals surface area contributed by atoms with E-state index in [2.05, 4.69) is 9.88 Å². The molecule has 0 N–H and O–H groups in total. The Kier molecular flexibility index (Phi) is 4.51. The summed E-state index contributed by atoms with van der Waals surface area (Å²) < 4.78 is 44.5. The highest BCUT2D eigenvalue weighted by Gasteiger charge is 2.36. The van der Waals surface area contributed by atoms with Gasteiger partial charge in [-0.05, 0) is 36.4 Å². The van der Waals surface area contributed by atoms with E-state index in [1.54, 1.807) is 12.0 Å². The maximum Gasteiger partial charge on any atom is 0.419 e. The van der Waals surface area contributed by atoms with Crippen molar-refractivity contribution in [2.24, 2.45) is 0 Å². The molecule has 3 rings (SSSR count). The summed E-state index contributed by atoms with van der Waals surface area (Å²) in [6, 6.07) is 10.1. The molecule has 1 aromatic heterocycles. The number of pyridine rings is 1. The SMILES string of the molecule is COc1ccc(N2CCN(c3ncccc3C(F)(F)F)CC2)cc1. The van der Waals surface area contributed by atoms with Crippen LogP contribution in [0.5, 0.6) is 5.75 Å². The molecule has 0 spiro atoms. The third-order valence-electron chi connectivity index (χ3n) is 4.11. The largest absolute Gasteiger partial charge is 0.497 e. The lowest BCUT2D eigenvalue weighted by Crippen LogP contribution is -2.47. The molecule has 4 nitrogen and oxygen atoms in total. The van der Waals surface area contributed by atoms with Gasteiger partial charge in [0.1, 0.15) is 11.6 Å². The monoisotopic (exact) mass is 337 g/mol. The van der Waals surface area contributed by atoms with Crippen molar-refractivity contribution in [3.63, 3.8) is 0 Å². The van der Waals surface area contributed by atoms with Crippen LogP contribution in [0.4, 0.5) is 24.7 Å². The molecular weight excluding hydrogens is 319 g/mol. The zero-order chi connectivity index (χ0) is 17.2. The third kappa shape index (κ3) is 3.39. The second-order valence-corrected chi connectivity index (χ2v) is 5.54. The highest BCUT2D eigenvalue weighted by Crippen LogP contribution is 2.35. The van der Waals surface area contributed by atoms with E-state index in [1.165, 1.54) is 12.3 Å². The molecule has 1 saturated heterocycles. The first-order valence-electron chi connectivity index (χ1n) is 7.65. The summed E-state index contributed by atoms with van der Waals surface area (Å²) in [6.07, 6.45) is -2.99. The van der Waals surface area contributed by atoms with Gasteiger partial charge in [0.05, 0.1) is 12.7 Å². The topological polar surface area (TPSA) is 28.6 Å². The van der Waals surface area contributed by atoms with Gasteiger partial charge in [-0.25, -0.2) is 4.98 Å². The average Bonchev–Trinajstić information content (AvgIpc) is 2.61. The normalized spacial score (nSPS) is 15.5. The number of benzene rings is 1. The van der Waals surface area contributed by atoms with Gasteiger partial charge < -0.3 is 14.5 Å². The average molecular weight is 337 g/mol. The molecule has 0 aliphatic carbocycles. The Labute approximate surface area is 138 Å². The summed E-state index contributed by atoms with van der Waals surface area (Å²) in [5, 5.41) is 0. The van der Waals surface area contributed by atoms with Crippen LogP contribution in [0.1, 0.15) is 5.56 Å². The Morgan fingerprint density at radius 3 is 2.17 bits per heavy atom. The minimum absolute atomic E-state index is 0.0133. The van der Waals surface area contributed by atoms with Crippen molar-refractivity contribution >= 4 is 11.5 Å².